The number of hydrogen-bond acceptors (Lipinski definition) is 4. The van der Waals surface area contributed by atoms with E-state index >= 15 is 0 Å². The Hall–Kier alpha value is -1.91. The number of primary amides is 1. The molecule has 1 aliphatic heterocycles. The first-order chi connectivity index (χ1) is 6.77. The largest absolute Gasteiger partial charge is 0.382 e. The Morgan fingerprint density at radius 3 is 3.07 bits per heavy atom. The third kappa shape index (κ3) is 1.56. The van der Waals surface area contributed by atoms with Crippen LogP contribution < -0.4 is 5.73 Å². The van der Waals surface area contributed by atoms with E-state index in [2.05, 4.69) is 10.1 Å². The van der Waals surface area contributed by atoms with Crippen molar-refractivity contribution >= 4 is 11.6 Å². The van der Waals surface area contributed by atoms with E-state index in [0.717, 1.165) is 5.56 Å². The Kier molecular flexibility index (Phi) is 2.14. The maximum atomic E-state index is 10.8. The van der Waals surface area contributed by atoms with E-state index < -0.39 is 12.0 Å². The highest BCUT2D eigenvalue weighted by Crippen LogP contribution is 2.15. The molecule has 0 aromatic carbocycles. The second-order valence-electron chi connectivity index (χ2n) is 2.98. The van der Waals surface area contributed by atoms with E-state index in [-0.39, 0.29) is 0 Å². The van der Waals surface area contributed by atoms with Gasteiger partial charge in [0, 0.05) is 24.4 Å². The second kappa shape index (κ2) is 3.45. The number of aromatic nitrogens is 1. The van der Waals surface area contributed by atoms with E-state index in [0.29, 0.717) is 12.1 Å². The highest BCUT2D eigenvalue weighted by molar-refractivity contribution is 6.03. The minimum Gasteiger partial charge on any atom is -0.382 e. The Morgan fingerprint density at radius 2 is 2.50 bits per heavy atom. The lowest BCUT2D eigenvalue weighted by molar-refractivity contribution is -0.127. The van der Waals surface area contributed by atoms with Crippen LogP contribution >= 0.6 is 0 Å². The predicted octanol–water partition coefficient (Wildman–Crippen LogP) is 0.0599. The normalized spacial score (nSPS) is 20.0. The zero-order valence-corrected chi connectivity index (χ0v) is 7.38. The van der Waals surface area contributed by atoms with Crippen LogP contribution in [-0.4, -0.2) is 22.7 Å². The Morgan fingerprint density at radius 1 is 1.64 bits per heavy atom. The summed E-state index contributed by atoms with van der Waals surface area (Å²) >= 11 is 0. The molecule has 2 heterocycles. The molecule has 1 atom stereocenters. The van der Waals surface area contributed by atoms with Gasteiger partial charge in [0.05, 0.1) is 5.71 Å². The average Bonchev–Trinajstić information content (AvgIpc) is 2.68. The Labute approximate surface area is 80.6 Å². The summed E-state index contributed by atoms with van der Waals surface area (Å²) in [6.45, 7) is 0. The van der Waals surface area contributed by atoms with Gasteiger partial charge in [-0.15, -0.1) is 0 Å². The number of oxime groups is 1. The van der Waals surface area contributed by atoms with Crippen LogP contribution in [0, 0.1) is 0 Å². The van der Waals surface area contributed by atoms with Crippen molar-refractivity contribution in [2.45, 2.75) is 12.5 Å². The van der Waals surface area contributed by atoms with Crippen LogP contribution in [0.1, 0.15) is 12.0 Å². The summed E-state index contributed by atoms with van der Waals surface area (Å²) in [4.78, 5) is 19.6. The van der Waals surface area contributed by atoms with Crippen LogP contribution in [-0.2, 0) is 9.63 Å². The number of carbonyl (C=O) groups excluding carboxylic acids is 1. The SMILES string of the molecule is NC(=O)C1CC(c2cccnc2)=NO1. The summed E-state index contributed by atoms with van der Waals surface area (Å²) < 4.78 is 0. The number of nitrogens with zero attached hydrogens (tertiary/aromatic N) is 2. The van der Waals surface area contributed by atoms with E-state index in [1.165, 1.54) is 0 Å². The quantitative estimate of drug-likeness (QED) is 0.718. The standard InChI is InChI=1S/C9H9N3O2/c10-9(13)8-4-7(12-14-8)6-2-1-3-11-5-6/h1-3,5,8H,4H2,(H2,10,13). The highest BCUT2D eigenvalue weighted by Gasteiger charge is 2.26. The molecule has 0 saturated carbocycles. The van der Waals surface area contributed by atoms with E-state index in [1.54, 1.807) is 18.5 Å². The number of pyridine rings is 1. The van der Waals surface area contributed by atoms with Gasteiger partial charge in [-0.25, -0.2) is 0 Å². The summed E-state index contributed by atoms with van der Waals surface area (Å²) in [5, 5.41) is 3.78. The third-order valence-electron chi connectivity index (χ3n) is 1.98. The van der Waals surface area contributed by atoms with Gasteiger partial charge < -0.3 is 10.6 Å². The lowest BCUT2D eigenvalue weighted by Gasteiger charge is -2.00. The summed E-state index contributed by atoms with van der Waals surface area (Å²) in [7, 11) is 0. The first-order valence-corrected chi connectivity index (χ1v) is 4.20. The van der Waals surface area contributed by atoms with Crippen molar-refractivity contribution in [3.8, 4) is 0 Å². The number of hydrogen-bond donors (Lipinski definition) is 1. The molecule has 1 aromatic heterocycles. The van der Waals surface area contributed by atoms with E-state index in [9.17, 15) is 4.79 Å². The molecular formula is C9H9N3O2. The van der Waals surface area contributed by atoms with E-state index in [1.807, 2.05) is 6.07 Å². The van der Waals surface area contributed by atoms with E-state index in [4.69, 9.17) is 10.6 Å². The van der Waals surface area contributed by atoms with Gasteiger partial charge in [0.2, 0.25) is 6.10 Å². The smallest absolute Gasteiger partial charge is 0.261 e. The van der Waals surface area contributed by atoms with Gasteiger partial charge in [0.15, 0.2) is 0 Å². The van der Waals surface area contributed by atoms with Crippen molar-refractivity contribution in [2.75, 3.05) is 0 Å². The zero-order valence-electron chi connectivity index (χ0n) is 7.38. The molecule has 72 valence electrons. The molecule has 1 amide bonds. The number of carbonyl (C=O) groups is 1. The molecule has 14 heavy (non-hydrogen) atoms. The highest BCUT2D eigenvalue weighted by atomic mass is 16.6. The minimum absolute atomic E-state index is 0.418. The third-order valence-corrected chi connectivity index (χ3v) is 1.98. The molecular weight excluding hydrogens is 182 g/mol. The lowest BCUT2D eigenvalue weighted by Crippen LogP contribution is -2.28. The van der Waals surface area contributed by atoms with Crippen LogP contribution in [0.4, 0.5) is 0 Å². The maximum Gasteiger partial charge on any atom is 0.261 e. The summed E-state index contributed by atoms with van der Waals surface area (Å²) in [5.41, 5.74) is 6.65. The fourth-order valence-electron chi connectivity index (χ4n) is 1.23. The van der Waals surface area contributed by atoms with Crippen molar-refractivity contribution < 1.29 is 9.63 Å². The molecule has 5 nitrogen and oxygen atoms in total. The second-order valence-corrected chi connectivity index (χ2v) is 2.98. The van der Waals surface area contributed by atoms with Gasteiger partial charge >= 0.3 is 0 Å². The molecule has 1 aliphatic rings. The topological polar surface area (TPSA) is 77.6 Å². The average molecular weight is 191 g/mol. The first kappa shape index (κ1) is 8.68. The molecule has 0 aliphatic carbocycles. The maximum absolute atomic E-state index is 10.8. The summed E-state index contributed by atoms with van der Waals surface area (Å²) in [6, 6.07) is 3.66. The Balaban J connectivity index is 2.13. The van der Waals surface area contributed by atoms with Crippen LogP contribution in [0.5, 0.6) is 0 Å². The number of nitrogens with two attached hydrogens (primary N) is 1. The molecule has 2 N–H and O–H groups in total. The molecule has 0 saturated heterocycles. The van der Waals surface area contributed by atoms with Gasteiger partial charge in [-0.2, -0.15) is 0 Å². The van der Waals surface area contributed by atoms with Crippen LogP contribution in [0.2, 0.25) is 0 Å². The summed E-state index contributed by atoms with van der Waals surface area (Å²) in [6.07, 6.45) is 3.13. The lowest BCUT2D eigenvalue weighted by atomic mass is 10.1. The number of amides is 1. The number of rotatable bonds is 2. The van der Waals surface area contributed by atoms with Crippen molar-refractivity contribution in [3.05, 3.63) is 30.1 Å². The Bertz CT molecular complexity index is 375. The van der Waals surface area contributed by atoms with Gasteiger partial charge in [-0.3, -0.25) is 9.78 Å². The van der Waals surface area contributed by atoms with Crippen molar-refractivity contribution in [2.24, 2.45) is 10.9 Å². The first-order valence-electron chi connectivity index (χ1n) is 4.20. The zero-order chi connectivity index (χ0) is 9.97. The fourth-order valence-corrected chi connectivity index (χ4v) is 1.23. The van der Waals surface area contributed by atoms with Gasteiger partial charge in [-0.1, -0.05) is 5.16 Å². The van der Waals surface area contributed by atoms with Crippen molar-refractivity contribution in [1.29, 1.82) is 0 Å². The van der Waals surface area contributed by atoms with Crippen molar-refractivity contribution in [1.82, 2.24) is 4.98 Å². The molecule has 1 unspecified atom stereocenters. The monoisotopic (exact) mass is 191 g/mol. The van der Waals surface area contributed by atoms with Crippen LogP contribution in [0.15, 0.2) is 29.7 Å². The molecule has 0 spiro atoms. The predicted molar refractivity (Wildman–Crippen MR) is 49.5 cm³/mol. The van der Waals surface area contributed by atoms with Gasteiger partial charge in [0.1, 0.15) is 0 Å². The van der Waals surface area contributed by atoms with Gasteiger partial charge in [0.25, 0.3) is 5.91 Å². The molecule has 2 rings (SSSR count). The molecule has 0 radical (unpaired) electrons. The molecule has 0 fully saturated rings. The molecule has 1 aromatic rings. The van der Waals surface area contributed by atoms with Crippen LogP contribution in [0.25, 0.3) is 0 Å². The van der Waals surface area contributed by atoms with Crippen LogP contribution in [0.3, 0.4) is 0 Å². The molecule has 5 heteroatoms. The molecule has 0 bridgehead atoms. The van der Waals surface area contributed by atoms with Gasteiger partial charge in [-0.05, 0) is 12.1 Å². The minimum atomic E-state index is -0.634. The summed E-state index contributed by atoms with van der Waals surface area (Å²) in [5.74, 6) is -0.493. The fraction of sp³-hybridized carbons (Fsp3) is 0.222. The van der Waals surface area contributed by atoms with Crippen molar-refractivity contribution in [3.63, 3.8) is 0 Å².